The zero-order valence-corrected chi connectivity index (χ0v) is 12.3. The SMILES string of the molecule is CC1CCN(S(=O)(=O)Nc2cc(Cl)ccc2N)CC1. The molecule has 0 unspecified atom stereocenters. The molecule has 0 radical (unpaired) electrons. The van der Waals surface area contributed by atoms with Gasteiger partial charge in [-0.1, -0.05) is 18.5 Å². The lowest BCUT2D eigenvalue weighted by molar-refractivity contribution is 0.289. The van der Waals surface area contributed by atoms with Crippen molar-refractivity contribution >= 4 is 33.2 Å². The largest absolute Gasteiger partial charge is 0.397 e. The summed E-state index contributed by atoms with van der Waals surface area (Å²) < 4.78 is 28.4. The first-order valence-corrected chi connectivity index (χ1v) is 8.03. The number of anilines is 2. The molecule has 19 heavy (non-hydrogen) atoms. The number of hydrogen-bond donors (Lipinski definition) is 2. The third kappa shape index (κ3) is 3.52. The van der Waals surface area contributed by atoms with Gasteiger partial charge in [0, 0.05) is 18.1 Å². The van der Waals surface area contributed by atoms with Gasteiger partial charge in [-0.2, -0.15) is 12.7 Å². The molecule has 1 aliphatic rings. The van der Waals surface area contributed by atoms with Crippen LogP contribution in [0, 0.1) is 5.92 Å². The highest BCUT2D eigenvalue weighted by Gasteiger charge is 2.26. The van der Waals surface area contributed by atoms with Crippen LogP contribution in [0.4, 0.5) is 11.4 Å². The number of nitrogens with zero attached hydrogens (tertiary/aromatic N) is 1. The zero-order valence-electron chi connectivity index (χ0n) is 10.8. The van der Waals surface area contributed by atoms with Gasteiger partial charge in [-0.3, -0.25) is 4.72 Å². The topological polar surface area (TPSA) is 75.4 Å². The third-order valence-corrected chi connectivity index (χ3v) is 5.09. The van der Waals surface area contributed by atoms with Crippen LogP contribution in [0.25, 0.3) is 0 Å². The van der Waals surface area contributed by atoms with Crippen LogP contribution >= 0.6 is 11.6 Å². The second-order valence-corrected chi connectivity index (χ2v) is 7.03. The zero-order chi connectivity index (χ0) is 14.0. The number of rotatable bonds is 3. The van der Waals surface area contributed by atoms with E-state index in [0.717, 1.165) is 12.8 Å². The Kier molecular flexibility index (Phi) is 4.23. The van der Waals surface area contributed by atoms with Gasteiger partial charge in [0.15, 0.2) is 0 Å². The molecule has 2 rings (SSSR count). The van der Waals surface area contributed by atoms with E-state index >= 15 is 0 Å². The average molecular weight is 304 g/mol. The summed E-state index contributed by atoms with van der Waals surface area (Å²) in [5, 5.41) is 0.444. The molecule has 1 heterocycles. The van der Waals surface area contributed by atoms with Gasteiger partial charge in [0.2, 0.25) is 0 Å². The minimum Gasteiger partial charge on any atom is -0.397 e. The summed E-state index contributed by atoms with van der Waals surface area (Å²) in [5.74, 6) is 0.572. The lowest BCUT2D eigenvalue weighted by Gasteiger charge is -2.29. The Bertz CT molecular complexity index is 554. The van der Waals surface area contributed by atoms with Crippen LogP contribution in [0.1, 0.15) is 19.8 Å². The lowest BCUT2D eigenvalue weighted by atomic mass is 10.0. The maximum Gasteiger partial charge on any atom is 0.301 e. The van der Waals surface area contributed by atoms with E-state index in [4.69, 9.17) is 17.3 Å². The summed E-state index contributed by atoms with van der Waals surface area (Å²) in [4.78, 5) is 0. The molecule has 0 aliphatic carbocycles. The van der Waals surface area contributed by atoms with E-state index in [-0.39, 0.29) is 0 Å². The van der Waals surface area contributed by atoms with Gasteiger partial charge in [-0.15, -0.1) is 0 Å². The molecule has 1 aromatic carbocycles. The van der Waals surface area contributed by atoms with Crippen molar-refractivity contribution in [2.75, 3.05) is 23.5 Å². The number of benzene rings is 1. The molecule has 3 N–H and O–H groups in total. The Hall–Kier alpha value is -0.980. The van der Waals surface area contributed by atoms with Gasteiger partial charge in [0.25, 0.3) is 0 Å². The second kappa shape index (κ2) is 5.56. The average Bonchev–Trinajstić information content (AvgIpc) is 2.34. The van der Waals surface area contributed by atoms with Crippen LogP contribution in [0.5, 0.6) is 0 Å². The highest BCUT2D eigenvalue weighted by molar-refractivity contribution is 7.90. The van der Waals surface area contributed by atoms with Crippen LogP contribution in [-0.4, -0.2) is 25.8 Å². The summed E-state index contributed by atoms with van der Waals surface area (Å²) >= 11 is 5.85. The molecule has 1 saturated heterocycles. The fourth-order valence-corrected chi connectivity index (χ4v) is 3.49. The molecule has 5 nitrogen and oxygen atoms in total. The molecule has 0 bridgehead atoms. The van der Waals surface area contributed by atoms with Crippen molar-refractivity contribution in [1.82, 2.24) is 4.31 Å². The molecule has 1 fully saturated rings. The van der Waals surface area contributed by atoms with Crippen molar-refractivity contribution in [3.63, 3.8) is 0 Å². The fraction of sp³-hybridized carbons (Fsp3) is 0.500. The number of halogens is 1. The van der Waals surface area contributed by atoms with Crippen LogP contribution in [-0.2, 0) is 10.2 Å². The van der Waals surface area contributed by atoms with Crippen molar-refractivity contribution in [2.45, 2.75) is 19.8 Å². The molecule has 0 saturated carbocycles. The summed E-state index contributed by atoms with van der Waals surface area (Å²) in [6.45, 7) is 3.21. The quantitative estimate of drug-likeness (QED) is 0.841. The fourth-order valence-electron chi connectivity index (χ4n) is 2.05. The summed E-state index contributed by atoms with van der Waals surface area (Å²) in [6, 6.07) is 4.72. The highest BCUT2D eigenvalue weighted by Crippen LogP contribution is 2.26. The lowest BCUT2D eigenvalue weighted by Crippen LogP contribution is -2.41. The van der Waals surface area contributed by atoms with Crippen LogP contribution < -0.4 is 10.5 Å². The minimum atomic E-state index is -3.55. The molecule has 1 aliphatic heterocycles. The molecular formula is C12H18ClN3O2S. The standard InChI is InChI=1S/C12H18ClN3O2S/c1-9-4-6-16(7-5-9)19(17,18)15-12-8-10(13)2-3-11(12)14/h2-3,8-9,15H,4-7,14H2,1H3. The van der Waals surface area contributed by atoms with Crippen LogP contribution in [0.2, 0.25) is 5.02 Å². The van der Waals surface area contributed by atoms with E-state index in [1.165, 1.54) is 10.4 Å². The normalized spacial score (nSPS) is 18.4. The summed E-state index contributed by atoms with van der Waals surface area (Å²) in [7, 11) is -3.55. The Morgan fingerprint density at radius 3 is 2.63 bits per heavy atom. The molecule has 0 amide bonds. The minimum absolute atomic E-state index is 0.325. The van der Waals surface area contributed by atoms with E-state index in [1.54, 1.807) is 12.1 Å². The Balaban J connectivity index is 2.15. The predicted molar refractivity (Wildman–Crippen MR) is 78.4 cm³/mol. The van der Waals surface area contributed by atoms with Crippen LogP contribution in [0.15, 0.2) is 18.2 Å². The second-order valence-electron chi connectivity index (χ2n) is 4.92. The first-order chi connectivity index (χ1) is 8.88. The molecule has 0 aromatic heterocycles. The summed E-state index contributed by atoms with van der Waals surface area (Å²) in [6.07, 6.45) is 1.76. The highest BCUT2D eigenvalue weighted by atomic mass is 35.5. The predicted octanol–water partition coefficient (Wildman–Crippen LogP) is 2.31. The molecule has 0 spiro atoms. The van der Waals surface area contributed by atoms with Crippen molar-refractivity contribution in [3.05, 3.63) is 23.2 Å². The monoisotopic (exact) mass is 303 g/mol. The molecule has 106 valence electrons. The first kappa shape index (κ1) is 14.4. The van der Waals surface area contributed by atoms with Crippen molar-refractivity contribution in [2.24, 2.45) is 5.92 Å². The van der Waals surface area contributed by atoms with E-state index in [1.807, 2.05) is 0 Å². The smallest absolute Gasteiger partial charge is 0.301 e. The molecular weight excluding hydrogens is 286 g/mol. The maximum absolute atomic E-state index is 12.2. The van der Waals surface area contributed by atoms with Gasteiger partial charge in [0.1, 0.15) is 0 Å². The maximum atomic E-state index is 12.2. The number of nitrogen functional groups attached to an aromatic ring is 1. The van der Waals surface area contributed by atoms with Gasteiger partial charge < -0.3 is 5.73 Å². The van der Waals surface area contributed by atoms with E-state index in [9.17, 15) is 8.42 Å². The molecule has 1 aromatic rings. The van der Waals surface area contributed by atoms with E-state index in [0.29, 0.717) is 35.4 Å². The van der Waals surface area contributed by atoms with Crippen LogP contribution in [0.3, 0.4) is 0 Å². The van der Waals surface area contributed by atoms with Gasteiger partial charge in [-0.05, 0) is 37.0 Å². The number of piperidine rings is 1. The number of hydrogen-bond acceptors (Lipinski definition) is 3. The summed E-state index contributed by atoms with van der Waals surface area (Å²) in [5.41, 5.74) is 6.43. The van der Waals surface area contributed by atoms with E-state index < -0.39 is 10.2 Å². The van der Waals surface area contributed by atoms with Crippen molar-refractivity contribution in [3.8, 4) is 0 Å². The third-order valence-electron chi connectivity index (χ3n) is 3.34. The molecule has 7 heteroatoms. The van der Waals surface area contributed by atoms with Crippen molar-refractivity contribution in [1.29, 1.82) is 0 Å². The Morgan fingerprint density at radius 1 is 1.37 bits per heavy atom. The van der Waals surface area contributed by atoms with E-state index in [2.05, 4.69) is 11.6 Å². The Morgan fingerprint density at radius 2 is 2.00 bits per heavy atom. The van der Waals surface area contributed by atoms with Gasteiger partial charge in [0.05, 0.1) is 11.4 Å². The first-order valence-electron chi connectivity index (χ1n) is 6.21. The Labute approximate surface area is 118 Å². The number of nitrogens with one attached hydrogen (secondary N) is 1. The number of nitrogens with two attached hydrogens (primary N) is 1. The van der Waals surface area contributed by atoms with Gasteiger partial charge in [-0.25, -0.2) is 0 Å². The van der Waals surface area contributed by atoms with Gasteiger partial charge >= 0.3 is 10.2 Å². The van der Waals surface area contributed by atoms with Crippen molar-refractivity contribution < 1.29 is 8.42 Å². The molecule has 0 atom stereocenters.